The summed E-state index contributed by atoms with van der Waals surface area (Å²) in [5, 5.41) is 3.56. The minimum atomic E-state index is 0.319. The van der Waals surface area contributed by atoms with Gasteiger partial charge in [-0.1, -0.05) is 25.1 Å². The summed E-state index contributed by atoms with van der Waals surface area (Å²) in [7, 11) is 0. The van der Waals surface area contributed by atoms with Crippen molar-refractivity contribution in [2.24, 2.45) is 5.92 Å². The first kappa shape index (κ1) is 11.3. The topological polar surface area (TPSA) is 49.9 Å². The Morgan fingerprint density at radius 3 is 3.17 bits per heavy atom. The van der Waals surface area contributed by atoms with Gasteiger partial charge in [-0.25, -0.2) is 4.98 Å². The minimum Gasteiger partial charge on any atom is -0.493 e. The first-order chi connectivity index (χ1) is 8.84. The molecule has 2 heterocycles. The van der Waals surface area contributed by atoms with E-state index in [0.717, 1.165) is 24.7 Å². The first-order valence-corrected chi connectivity index (χ1v) is 6.28. The lowest BCUT2D eigenvalue weighted by Crippen LogP contribution is -2.33. The maximum Gasteiger partial charge on any atom is 0.124 e. The number of fused-ring (bicyclic) bond motifs is 1. The van der Waals surface area contributed by atoms with E-state index in [2.05, 4.69) is 34.3 Å². The number of nitrogens with one attached hydrogen (secondary N) is 2. The smallest absolute Gasteiger partial charge is 0.124 e. The van der Waals surface area contributed by atoms with Gasteiger partial charge in [0.25, 0.3) is 0 Å². The maximum absolute atomic E-state index is 5.74. The van der Waals surface area contributed by atoms with Crippen LogP contribution >= 0.6 is 0 Å². The van der Waals surface area contributed by atoms with Crippen LogP contribution < -0.4 is 10.1 Å². The summed E-state index contributed by atoms with van der Waals surface area (Å²) in [5.74, 6) is 2.41. The minimum absolute atomic E-state index is 0.319. The zero-order valence-electron chi connectivity index (χ0n) is 10.4. The second-order valence-corrected chi connectivity index (χ2v) is 4.72. The molecule has 2 unspecified atom stereocenters. The van der Waals surface area contributed by atoms with Crippen LogP contribution in [0.25, 0.3) is 0 Å². The molecule has 1 aliphatic heterocycles. The molecule has 94 valence electrons. The van der Waals surface area contributed by atoms with Crippen LogP contribution in [-0.2, 0) is 6.54 Å². The van der Waals surface area contributed by atoms with Crippen molar-refractivity contribution < 1.29 is 4.74 Å². The van der Waals surface area contributed by atoms with Crippen LogP contribution in [0.5, 0.6) is 5.75 Å². The molecule has 1 aromatic carbocycles. The maximum atomic E-state index is 5.74. The number of hydrogen-bond donors (Lipinski definition) is 2. The van der Waals surface area contributed by atoms with E-state index in [1.807, 2.05) is 18.3 Å². The number of H-pyrrole nitrogens is 1. The Balaban J connectivity index is 1.78. The molecule has 4 heteroatoms. The van der Waals surface area contributed by atoms with Crippen LogP contribution in [-0.4, -0.2) is 16.6 Å². The predicted molar refractivity (Wildman–Crippen MR) is 69.3 cm³/mol. The Bertz CT molecular complexity index is 510. The van der Waals surface area contributed by atoms with Crippen molar-refractivity contribution in [1.29, 1.82) is 0 Å². The number of para-hydroxylation sites is 1. The van der Waals surface area contributed by atoms with Crippen molar-refractivity contribution in [2.45, 2.75) is 19.5 Å². The zero-order chi connectivity index (χ0) is 12.4. The summed E-state index contributed by atoms with van der Waals surface area (Å²) < 4.78 is 5.74. The number of aromatic amines is 1. The Kier molecular flexibility index (Phi) is 3.02. The number of rotatable bonds is 3. The summed E-state index contributed by atoms with van der Waals surface area (Å²) >= 11 is 0. The largest absolute Gasteiger partial charge is 0.493 e. The van der Waals surface area contributed by atoms with Crippen molar-refractivity contribution in [2.75, 3.05) is 6.61 Å². The van der Waals surface area contributed by atoms with E-state index in [4.69, 9.17) is 4.74 Å². The highest BCUT2D eigenvalue weighted by Crippen LogP contribution is 2.34. The van der Waals surface area contributed by atoms with Gasteiger partial charge in [-0.05, 0) is 6.07 Å². The summed E-state index contributed by atoms with van der Waals surface area (Å²) in [6, 6.07) is 8.55. The van der Waals surface area contributed by atoms with E-state index in [9.17, 15) is 0 Å². The molecule has 0 amide bonds. The number of ether oxygens (including phenoxy) is 1. The number of benzene rings is 1. The molecule has 0 saturated carbocycles. The van der Waals surface area contributed by atoms with Gasteiger partial charge in [0.15, 0.2) is 0 Å². The molecule has 0 saturated heterocycles. The molecule has 2 atom stereocenters. The molecule has 0 aliphatic carbocycles. The highest BCUT2D eigenvalue weighted by atomic mass is 16.5. The Labute approximate surface area is 106 Å². The lowest BCUT2D eigenvalue weighted by atomic mass is 9.92. The molecule has 0 fully saturated rings. The molecule has 2 N–H and O–H groups in total. The number of aromatic nitrogens is 2. The van der Waals surface area contributed by atoms with Crippen LogP contribution in [0.3, 0.4) is 0 Å². The van der Waals surface area contributed by atoms with Gasteiger partial charge in [0.1, 0.15) is 11.6 Å². The van der Waals surface area contributed by atoms with Crippen molar-refractivity contribution >= 4 is 0 Å². The van der Waals surface area contributed by atoms with Crippen molar-refractivity contribution in [3.05, 3.63) is 48.0 Å². The molecule has 4 nitrogen and oxygen atoms in total. The van der Waals surface area contributed by atoms with Gasteiger partial charge in [-0.2, -0.15) is 0 Å². The number of hydrogen-bond acceptors (Lipinski definition) is 3. The monoisotopic (exact) mass is 243 g/mol. The van der Waals surface area contributed by atoms with Gasteiger partial charge in [0, 0.05) is 29.9 Å². The Morgan fingerprint density at radius 1 is 1.44 bits per heavy atom. The zero-order valence-corrected chi connectivity index (χ0v) is 10.4. The van der Waals surface area contributed by atoms with Crippen LogP contribution in [0.15, 0.2) is 36.7 Å². The average Bonchev–Trinajstić information content (AvgIpc) is 2.91. The molecular formula is C14H17N3O. The molecule has 3 rings (SSSR count). The molecule has 18 heavy (non-hydrogen) atoms. The molecule has 1 aliphatic rings. The van der Waals surface area contributed by atoms with Gasteiger partial charge in [-0.3, -0.25) is 0 Å². The van der Waals surface area contributed by atoms with Crippen molar-refractivity contribution in [3.63, 3.8) is 0 Å². The third-order valence-electron chi connectivity index (χ3n) is 3.37. The first-order valence-electron chi connectivity index (χ1n) is 6.28. The van der Waals surface area contributed by atoms with Crippen LogP contribution in [0.4, 0.5) is 0 Å². The van der Waals surface area contributed by atoms with Crippen LogP contribution in [0, 0.1) is 5.92 Å². The molecular weight excluding hydrogens is 226 g/mol. The molecule has 1 aromatic heterocycles. The van der Waals surface area contributed by atoms with E-state index < -0.39 is 0 Å². The van der Waals surface area contributed by atoms with Gasteiger partial charge in [0.2, 0.25) is 0 Å². The highest BCUT2D eigenvalue weighted by molar-refractivity contribution is 5.37. The average molecular weight is 243 g/mol. The van der Waals surface area contributed by atoms with E-state index in [1.54, 1.807) is 6.20 Å². The second-order valence-electron chi connectivity index (χ2n) is 4.72. The predicted octanol–water partition coefficient (Wildman–Crippen LogP) is 2.27. The van der Waals surface area contributed by atoms with E-state index in [1.165, 1.54) is 5.56 Å². The van der Waals surface area contributed by atoms with E-state index in [0.29, 0.717) is 12.0 Å². The summed E-state index contributed by atoms with van der Waals surface area (Å²) in [4.78, 5) is 7.34. The number of nitrogens with zero attached hydrogens (tertiary/aromatic N) is 1. The Hall–Kier alpha value is -1.81. The van der Waals surface area contributed by atoms with Crippen LogP contribution in [0.2, 0.25) is 0 Å². The standard InChI is InChI=1S/C14H17N3O/c1-10-9-18-12-5-3-2-4-11(12)14(10)17-8-13-15-6-7-16-13/h2-7,10,14,17H,8-9H2,1H3,(H,15,16). The van der Waals surface area contributed by atoms with Gasteiger partial charge in [-0.15, -0.1) is 0 Å². The lowest BCUT2D eigenvalue weighted by Gasteiger charge is -2.32. The molecule has 0 bridgehead atoms. The normalized spacial score (nSPS) is 22.3. The van der Waals surface area contributed by atoms with Crippen molar-refractivity contribution in [1.82, 2.24) is 15.3 Å². The Morgan fingerprint density at radius 2 is 2.33 bits per heavy atom. The summed E-state index contributed by atoms with van der Waals surface area (Å²) in [5.41, 5.74) is 1.24. The van der Waals surface area contributed by atoms with Gasteiger partial charge < -0.3 is 15.0 Å². The quantitative estimate of drug-likeness (QED) is 0.869. The van der Waals surface area contributed by atoms with Gasteiger partial charge in [0.05, 0.1) is 13.2 Å². The fraction of sp³-hybridized carbons (Fsp3) is 0.357. The van der Waals surface area contributed by atoms with Crippen LogP contribution in [0.1, 0.15) is 24.4 Å². The van der Waals surface area contributed by atoms with E-state index >= 15 is 0 Å². The second kappa shape index (κ2) is 4.82. The van der Waals surface area contributed by atoms with E-state index in [-0.39, 0.29) is 0 Å². The fourth-order valence-electron chi connectivity index (χ4n) is 2.41. The third-order valence-corrected chi connectivity index (χ3v) is 3.37. The van der Waals surface area contributed by atoms with Crippen molar-refractivity contribution in [3.8, 4) is 5.75 Å². The summed E-state index contributed by atoms with van der Waals surface area (Å²) in [6.45, 7) is 3.71. The third kappa shape index (κ3) is 2.11. The summed E-state index contributed by atoms with van der Waals surface area (Å²) in [6.07, 6.45) is 3.62. The highest BCUT2D eigenvalue weighted by Gasteiger charge is 2.27. The molecule has 0 spiro atoms. The SMILES string of the molecule is CC1COc2ccccc2C1NCc1ncc[nH]1. The van der Waals surface area contributed by atoms with Gasteiger partial charge >= 0.3 is 0 Å². The lowest BCUT2D eigenvalue weighted by molar-refractivity contribution is 0.187. The molecule has 0 radical (unpaired) electrons. The molecule has 2 aromatic rings. The fourth-order valence-corrected chi connectivity index (χ4v) is 2.41. The number of imidazole rings is 1.